The number of ether oxygens (including phenoxy) is 2. The van der Waals surface area contributed by atoms with Gasteiger partial charge in [-0.15, -0.1) is 11.3 Å². The number of aryl methyl sites for hydroxylation is 1. The van der Waals surface area contributed by atoms with Crippen molar-refractivity contribution in [2.24, 2.45) is 0 Å². The van der Waals surface area contributed by atoms with Gasteiger partial charge in [0.2, 0.25) is 0 Å². The van der Waals surface area contributed by atoms with Crippen LogP contribution in [-0.4, -0.2) is 20.1 Å². The maximum absolute atomic E-state index is 12.6. The van der Waals surface area contributed by atoms with Crippen molar-refractivity contribution in [1.82, 2.24) is 0 Å². The van der Waals surface area contributed by atoms with Crippen LogP contribution in [0.25, 0.3) is 10.4 Å². The maximum atomic E-state index is 12.6. The smallest absolute Gasteiger partial charge is 0.265 e. The molecule has 1 aromatic heterocycles. The largest absolute Gasteiger partial charge is 0.493 e. The summed E-state index contributed by atoms with van der Waals surface area (Å²) in [5, 5.41) is 2.91. The van der Waals surface area contributed by atoms with Crippen LogP contribution in [0.4, 0.5) is 5.69 Å². The zero-order valence-electron chi connectivity index (χ0n) is 14.3. The standard InChI is InChI=1S/C20H19NO3S/c1-13-11-18(25-19(13)14-7-5-4-6-8-14)20(22)21-15-9-10-16(23-2)17(12-15)24-3/h4-12H,1-3H3,(H,21,22). The number of amides is 1. The van der Waals surface area contributed by atoms with Gasteiger partial charge in [0.25, 0.3) is 5.91 Å². The topological polar surface area (TPSA) is 47.6 Å². The Kier molecular flexibility index (Phi) is 5.05. The van der Waals surface area contributed by atoms with Gasteiger partial charge >= 0.3 is 0 Å². The van der Waals surface area contributed by atoms with E-state index in [9.17, 15) is 4.79 Å². The van der Waals surface area contributed by atoms with Gasteiger partial charge in [0.1, 0.15) is 0 Å². The predicted octanol–water partition coefficient (Wildman–Crippen LogP) is 4.99. The number of thiophene rings is 1. The summed E-state index contributed by atoms with van der Waals surface area (Å²) in [6, 6.07) is 17.3. The molecule has 1 amide bonds. The van der Waals surface area contributed by atoms with Gasteiger partial charge in [0.05, 0.1) is 19.1 Å². The lowest BCUT2D eigenvalue weighted by Gasteiger charge is -2.10. The maximum Gasteiger partial charge on any atom is 0.265 e. The molecular formula is C20H19NO3S. The lowest BCUT2D eigenvalue weighted by atomic mass is 10.1. The summed E-state index contributed by atoms with van der Waals surface area (Å²) in [6.45, 7) is 2.02. The molecular weight excluding hydrogens is 334 g/mol. The number of benzene rings is 2. The van der Waals surface area contributed by atoms with Gasteiger partial charge in [-0.05, 0) is 36.2 Å². The minimum absolute atomic E-state index is 0.137. The number of hydrogen-bond donors (Lipinski definition) is 1. The van der Waals surface area contributed by atoms with Crippen molar-refractivity contribution in [2.45, 2.75) is 6.92 Å². The Labute approximate surface area is 151 Å². The van der Waals surface area contributed by atoms with E-state index < -0.39 is 0 Å². The summed E-state index contributed by atoms with van der Waals surface area (Å²) < 4.78 is 10.5. The first kappa shape index (κ1) is 17.0. The fourth-order valence-corrected chi connectivity index (χ4v) is 3.65. The Morgan fingerprint density at radius 3 is 2.36 bits per heavy atom. The normalized spacial score (nSPS) is 10.4. The van der Waals surface area contributed by atoms with E-state index in [1.54, 1.807) is 32.4 Å². The van der Waals surface area contributed by atoms with E-state index in [1.165, 1.54) is 11.3 Å². The fraction of sp³-hybridized carbons (Fsp3) is 0.150. The van der Waals surface area contributed by atoms with Crippen LogP contribution < -0.4 is 14.8 Å². The molecule has 4 nitrogen and oxygen atoms in total. The van der Waals surface area contributed by atoms with Crippen LogP contribution in [-0.2, 0) is 0 Å². The third-order valence-corrected chi connectivity index (χ3v) is 5.10. The summed E-state index contributed by atoms with van der Waals surface area (Å²) in [6.07, 6.45) is 0. The summed E-state index contributed by atoms with van der Waals surface area (Å²) >= 11 is 1.49. The number of anilines is 1. The van der Waals surface area contributed by atoms with Crippen molar-refractivity contribution >= 4 is 22.9 Å². The SMILES string of the molecule is COc1ccc(NC(=O)c2cc(C)c(-c3ccccc3)s2)cc1OC. The predicted molar refractivity (Wildman–Crippen MR) is 102 cm³/mol. The van der Waals surface area contributed by atoms with Gasteiger partial charge in [-0.3, -0.25) is 4.79 Å². The van der Waals surface area contributed by atoms with Gasteiger partial charge in [-0.1, -0.05) is 30.3 Å². The van der Waals surface area contributed by atoms with E-state index in [2.05, 4.69) is 17.4 Å². The lowest BCUT2D eigenvalue weighted by molar-refractivity contribution is 0.103. The van der Waals surface area contributed by atoms with Gasteiger partial charge in [0, 0.05) is 16.6 Å². The Balaban J connectivity index is 1.83. The average molecular weight is 353 g/mol. The Bertz CT molecular complexity index is 887. The minimum atomic E-state index is -0.137. The molecule has 0 spiro atoms. The lowest BCUT2D eigenvalue weighted by Crippen LogP contribution is -2.10. The molecule has 0 saturated carbocycles. The molecule has 0 aliphatic rings. The average Bonchev–Trinajstić information content (AvgIpc) is 3.04. The van der Waals surface area contributed by atoms with Crippen LogP contribution >= 0.6 is 11.3 Å². The number of methoxy groups -OCH3 is 2. The van der Waals surface area contributed by atoms with Crippen LogP contribution in [0, 0.1) is 6.92 Å². The van der Waals surface area contributed by atoms with Gasteiger partial charge in [0.15, 0.2) is 11.5 Å². The van der Waals surface area contributed by atoms with E-state index in [0.717, 1.165) is 16.0 Å². The molecule has 5 heteroatoms. The Morgan fingerprint density at radius 1 is 0.960 bits per heavy atom. The van der Waals surface area contributed by atoms with E-state index in [0.29, 0.717) is 22.1 Å². The highest BCUT2D eigenvalue weighted by atomic mass is 32.1. The summed E-state index contributed by atoms with van der Waals surface area (Å²) in [4.78, 5) is 14.4. The van der Waals surface area contributed by atoms with Crippen molar-refractivity contribution in [2.75, 3.05) is 19.5 Å². The molecule has 2 aromatic carbocycles. The first-order valence-electron chi connectivity index (χ1n) is 7.81. The van der Waals surface area contributed by atoms with Gasteiger partial charge in [-0.25, -0.2) is 0 Å². The summed E-state index contributed by atoms with van der Waals surface area (Å²) in [7, 11) is 3.15. The molecule has 0 aliphatic heterocycles. The quantitative estimate of drug-likeness (QED) is 0.703. The summed E-state index contributed by atoms with van der Waals surface area (Å²) in [5.74, 6) is 1.06. The molecule has 1 heterocycles. The van der Waals surface area contributed by atoms with Gasteiger partial charge in [-0.2, -0.15) is 0 Å². The van der Waals surface area contributed by atoms with Crippen LogP contribution in [0.2, 0.25) is 0 Å². The van der Waals surface area contributed by atoms with E-state index in [-0.39, 0.29) is 5.91 Å². The highest BCUT2D eigenvalue weighted by molar-refractivity contribution is 7.17. The second kappa shape index (κ2) is 7.40. The monoisotopic (exact) mass is 353 g/mol. The number of rotatable bonds is 5. The fourth-order valence-electron chi connectivity index (χ4n) is 2.58. The van der Waals surface area contributed by atoms with Crippen molar-refractivity contribution in [3.63, 3.8) is 0 Å². The minimum Gasteiger partial charge on any atom is -0.493 e. The molecule has 0 saturated heterocycles. The third kappa shape index (κ3) is 3.67. The van der Waals surface area contributed by atoms with Crippen molar-refractivity contribution in [3.8, 4) is 21.9 Å². The van der Waals surface area contributed by atoms with E-state index in [4.69, 9.17) is 9.47 Å². The zero-order chi connectivity index (χ0) is 17.8. The molecule has 3 aromatic rings. The number of hydrogen-bond acceptors (Lipinski definition) is 4. The molecule has 1 N–H and O–H groups in total. The Morgan fingerprint density at radius 2 is 1.68 bits per heavy atom. The van der Waals surface area contributed by atoms with Crippen LogP contribution in [0.15, 0.2) is 54.6 Å². The zero-order valence-corrected chi connectivity index (χ0v) is 15.1. The second-order valence-corrected chi connectivity index (χ2v) is 6.56. The molecule has 0 bridgehead atoms. The molecule has 0 radical (unpaired) electrons. The molecule has 0 unspecified atom stereocenters. The molecule has 25 heavy (non-hydrogen) atoms. The highest BCUT2D eigenvalue weighted by Gasteiger charge is 2.14. The van der Waals surface area contributed by atoms with Gasteiger partial charge < -0.3 is 14.8 Å². The molecule has 0 fully saturated rings. The molecule has 0 aliphatic carbocycles. The van der Waals surface area contributed by atoms with E-state index >= 15 is 0 Å². The number of nitrogens with one attached hydrogen (secondary N) is 1. The van der Waals surface area contributed by atoms with Crippen LogP contribution in [0.1, 0.15) is 15.2 Å². The van der Waals surface area contributed by atoms with Crippen molar-refractivity contribution < 1.29 is 14.3 Å². The Hall–Kier alpha value is -2.79. The third-order valence-electron chi connectivity index (χ3n) is 3.82. The van der Waals surface area contributed by atoms with Crippen LogP contribution in [0.5, 0.6) is 11.5 Å². The molecule has 0 atom stereocenters. The number of carbonyl (C=O) groups is 1. The van der Waals surface area contributed by atoms with Crippen molar-refractivity contribution in [1.29, 1.82) is 0 Å². The van der Waals surface area contributed by atoms with Crippen molar-refractivity contribution in [3.05, 3.63) is 65.0 Å². The first-order valence-corrected chi connectivity index (χ1v) is 8.63. The molecule has 128 valence electrons. The summed E-state index contributed by atoms with van der Waals surface area (Å²) in [5.41, 5.74) is 2.87. The first-order chi connectivity index (χ1) is 12.1. The molecule has 3 rings (SSSR count). The van der Waals surface area contributed by atoms with E-state index in [1.807, 2.05) is 31.2 Å². The highest BCUT2D eigenvalue weighted by Crippen LogP contribution is 2.33. The second-order valence-electron chi connectivity index (χ2n) is 5.51. The van der Waals surface area contributed by atoms with Crippen LogP contribution in [0.3, 0.4) is 0 Å². The number of carbonyl (C=O) groups excluding carboxylic acids is 1.